The molecule has 2 aromatic rings. The minimum absolute atomic E-state index is 0. The molecule has 2 atom stereocenters. The van der Waals surface area contributed by atoms with Crippen molar-refractivity contribution in [2.75, 3.05) is 11.9 Å². The first-order valence-electron chi connectivity index (χ1n) is 7.02. The van der Waals surface area contributed by atoms with Crippen LogP contribution in [-0.4, -0.2) is 34.6 Å². The molecule has 4 N–H and O–H groups in total. The first-order valence-corrected chi connectivity index (χ1v) is 7.02. The molecule has 23 heavy (non-hydrogen) atoms. The number of anilines is 1. The zero-order chi connectivity index (χ0) is 14.7. The molecule has 1 aliphatic rings. The average molecular weight is 359 g/mol. The molecule has 0 spiro atoms. The van der Waals surface area contributed by atoms with Crippen molar-refractivity contribution in [2.45, 2.75) is 25.0 Å². The zero-order valence-corrected chi connectivity index (χ0v) is 14.0. The number of amides is 1. The maximum Gasteiger partial charge on any atom is 0.253 e. The van der Waals surface area contributed by atoms with Gasteiger partial charge in [0.1, 0.15) is 11.9 Å². The fourth-order valence-electron chi connectivity index (χ4n) is 2.43. The van der Waals surface area contributed by atoms with Crippen molar-refractivity contribution < 1.29 is 9.53 Å². The largest absolute Gasteiger partial charge is 0.364 e. The Hall–Kier alpha value is -1.60. The predicted molar refractivity (Wildman–Crippen MR) is 94.1 cm³/mol. The van der Waals surface area contributed by atoms with E-state index in [4.69, 9.17) is 10.5 Å². The van der Waals surface area contributed by atoms with Crippen LogP contribution in [0.15, 0.2) is 36.7 Å². The van der Waals surface area contributed by atoms with Gasteiger partial charge in [-0.05, 0) is 37.1 Å². The molecule has 3 rings (SSSR count). The number of benzene rings is 1. The molecule has 1 amide bonds. The Kier molecular flexibility index (Phi) is 7.51. The molecule has 1 aromatic carbocycles. The highest BCUT2D eigenvalue weighted by Gasteiger charge is 2.29. The number of rotatable bonds is 4. The predicted octanol–water partition coefficient (Wildman–Crippen LogP) is 2.37. The van der Waals surface area contributed by atoms with Crippen molar-refractivity contribution in [1.82, 2.24) is 9.97 Å². The molecular formula is C15H20Cl2N4O2. The van der Waals surface area contributed by atoms with Gasteiger partial charge in [0.25, 0.3) is 5.91 Å². The summed E-state index contributed by atoms with van der Waals surface area (Å²) in [6.07, 6.45) is 4.64. The molecule has 2 heterocycles. The minimum Gasteiger partial charge on any atom is -0.364 e. The first-order chi connectivity index (χ1) is 10.3. The maximum absolute atomic E-state index is 12.1. The van der Waals surface area contributed by atoms with Gasteiger partial charge in [-0.15, -0.1) is 24.8 Å². The Bertz CT molecular complexity index is 604. The Balaban J connectivity index is 0.00000132. The number of nitrogens with one attached hydrogen (secondary N) is 2. The van der Waals surface area contributed by atoms with Crippen molar-refractivity contribution in [3.8, 4) is 11.4 Å². The first kappa shape index (κ1) is 19.4. The second-order valence-corrected chi connectivity index (χ2v) is 5.06. The van der Waals surface area contributed by atoms with E-state index < -0.39 is 6.10 Å². The topological polar surface area (TPSA) is 93.0 Å². The fraction of sp³-hybridized carbons (Fsp3) is 0.333. The SMILES string of the molecule is Cl.Cl.NC[C@H]1CC[C@@H](C(=O)Nc2ccc(-c3ncc[nH]3)cc2)O1. The zero-order valence-electron chi connectivity index (χ0n) is 12.4. The number of nitrogens with two attached hydrogens (primary N) is 1. The van der Waals surface area contributed by atoms with E-state index in [0.29, 0.717) is 6.54 Å². The van der Waals surface area contributed by atoms with Crippen LogP contribution in [0.5, 0.6) is 0 Å². The lowest BCUT2D eigenvalue weighted by Crippen LogP contribution is -2.29. The average Bonchev–Trinajstić information content (AvgIpc) is 3.19. The van der Waals surface area contributed by atoms with Gasteiger partial charge in [-0.25, -0.2) is 4.98 Å². The van der Waals surface area contributed by atoms with E-state index in [1.54, 1.807) is 12.4 Å². The van der Waals surface area contributed by atoms with E-state index in [1.807, 2.05) is 24.3 Å². The number of aromatic amines is 1. The van der Waals surface area contributed by atoms with Gasteiger partial charge in [0.15, 0.2) is 0 Å². The van der Waals surface area contributed by atoms with Crippen LogP contribution in [0, 0.1) is 0 Å². The Labute approximate surface area is 147 Å². The Morgan fingerprint density at radius 3 is 2.61 bits per heavy atom. The molecule has 0 aliphatic carbocycles. The Morgan fingerprint density at radius 1 is 1.30 bits per heavy atom. The molecular weight excluding hydrogens is 339 g/mol. The van der Waals surface area contributed by atoms with E-state index in [9.17, 15) is 4.79 Å². The number of nitrogens with zero attached hydrogens (tertiary/aromatic N) is 1. The molecule has 0 radical (unpaired) electrons. The maximum atomic E-state index is 12.1. The fourth-order valence-corrected chi connectivity index (χ4v) is 2.43. The highest BCUT2D eigenvalue weighted by atomic mass is 35.5. The van der Waals surface area contributed by atoms with Crippen molar-refractivity contribution >= 4 is 36.4 Å². The van der Waals surface area contributed by atoms with Gasteiger partial charge >= 0.3 is 0 Å². The minimum atomic E-state index is -0.400. The number of carbonyl (C=O) groups excluding carboxylic acids is 1. The summed E-state index contributed by atoms with van der Waals surface area (Å²) in [6, 6.07) is 7.52. The Morgan fingerprint density at radius 2 is 2.04 bits per heavy atom. The van der Waals surface area contributed by atoms with Gasteiger partial charge < -0.3 is 20.8 Å². The molecule has 1 saturated heterocycles. The van der Waals surface area contributed by atoms with Crippen molar-refractivity contribution in [2.24, 2.45) is 5.73 Å². The quantitative estimate of drug-likeness (QED) is 0.781. The lowest BCUT2D eigenvalue weighted by atomic mass is 10.1. The monoisotopic (exact) mass is 358 g/mol. The van der Waals surface area contributed by atoms with E-state index in [0.717, 1.165) is 29.9 Å². The van der Waals surface area contributed by atoms with Gasteiger partial charge in [0, 0.05) is 30.2 Å². The van der Waals surface area contributed by atoms with Crippen LogP contribution in [0.4, 0.5) is 5.69 Å². The number of halogens is 2. The number of H-pyrrole nitrogens is 1. The molecule has 1 aromatic heterocycles. The van der Waals surface area contributed by atoms with Gasteiger partial charge in [0.05, 0.1) is 6.10 Å². The van der Waals surface area contributed by atoms with Crippen LogP contribution in [0.25, 0.3) is 11.4 Å². The van der Waals surface area contributed by atoms with Crippen molar-refractivity contribution in [3.05, 3.63) is 36.7 Å². The van der Waals surface area contributed by atoms with Crippen LogP contribution in [0.3, 0.4) is 0 Å². The van der Waals surface area contributed by atoms with E-state index in [1.165, 1.54) is 0 Å². The number of carbonyl (C=O) groups is 1. The molecule has 0 bridgehead atoms. The van der Waals surface area contributed by atoms with Gasteiger partial charge in [0.2, 0.25) is 0 Å². The molecule has 126 valence electrons. The number of hydrogen-bond acceptors (Lipinski definition) is 4. The summed E-state index contributed by atoms with van der Waals surface area (Å²) in [4.78, 5) is 19.3. The van der Waals surface area contributed by atoms with Crippen molar-refractivity contribution in [1.29, 1.82) is 0 Å². The summed E-state index contributed by atoms with van der Waals surface area (Å²) >= 11 is 0. The van der Waals surface area contributed by atoms with Crippen LogP contribution in [0.1, 0.15) is 12.8 Å². The molecule has 0 saturated carbocycles. The third-order valence-electron chi connectivity index (χ3n) is 3.59. The number of aromatic nitrogens is 2. The molecule has 1 fully saturated rings. The number of imidazole rings is 1. The summed E-state index contributed by atoms with van der Waals surface area (Å²) in [5, 5.41) is 2.87. The van der Waals surface area contributed by atoms with Gasteiger partial charge in [-0.3, -0.25) is 4.79 Å². The van der Waals surface area contributed by atoms with Crippen LogP contribution in [-0.2, 0) is 9.53 Å². The second-order valence-electron chi connectivity index (χ2n) is 5.06. The van der Waals surface area contributed by atoms with E-state index in [-0.39, 0.29) is 36.8 Å². The van der Waals surface area contributed by atoms with Crippen molar-refractivity contribution in [3.63, 3.8) is 0 Å². The molecule has 6 nitrogen and oxygen atoms in total. The summed E-state index contributed by atoms with van der Waals surface area (Å²) in [6.45, 7) is 0.460. The van der Waals surface area contributed by atoms with Gasteiger partial charge in [-0.2, -0.15) is 0 Å². The third kappa shape index (κ3) is 4.68. The second kappa shape index (κ2) is 8.88. The van der Waals surface area contributed by atoms with Crippen LogP contribution >= 0.6 is 24.8 Å². The highest BCUT2D eigenvalue weighted by molar-refractivity contribution is 5.94. The normalized spacial score (nSPS) is 19.5. The van der Waals surface area contributed by atoms with Crippen LogP contribution in [0.2, 0.25) is 0 Å². The lowest BCUT2D eigenvalue weighted by molar-refractivity contribution is -0.126. The van der Waals surface area contributed by atoms with E-state index in [2.05, 4.69) is 15.3 Å². The summed E-state index contributed by atoms with van der Waals surface area (Å²) in [5.41, 5.74) is 7.26. The van der Waals surface area contributed by atoms with Crippen LogP contribution < -0.4 is 11.1 Å². The van der Waals surface area contributed by atoms with Gasteiger partial charge in [-0.1, -0.05) is 0 Å². The summed E-state index contributed by atoms with van der Waals surface area (Å²) in [7, 11) is 0. The number of ether oxygens (including phenoxy) is 1. The smallest absolute Gasteiger partial charge is 0.253 e. The lowest BCUT2D eigenvalue weighted by Gasteiger charge is -2.12. The summed E-state index contributed by atoms with van der Waals surface area (Å²) in [5.74, 6) is 0.689. The summed E-state index contributed by atoms with van der Waals surface area (Å²) < 4.78 is 5.58. The number of hydrogen-bond donors (Lipinski definition) is 3. The molecule has 1 aliphatic heterocycles. The molecule has 0 unspecified atom stereocenters. The third-order valence-corrected chi connectivity index (χ3v) is 3.59. The van der Waals surface area contributed by atoms with E-state index >= 15 is 0 Å². The highest BCUT2D eigenvalue weighted by Crippen LogP contribution is 2.22. The molecule has 8 heteroatoms. The standard InChI is InChI=1S/C15H18N4O2.2ClH/c16-9-12-5-6-13(21-12)15(20)19-11-3-1-10(2-4-11)14-17-7-8-18-14;;/h1-4,7-8,12-13H,5-6,9,16H2,(H,17,18)(H,19,20);2*1H/t12-,13+;;/m1../s1.